The second-order valence-corrected chi connectivity index (χ2v) is 5.19. The predicted molar refractivity (Wildman–Crippen MR) is 72.6 cm³/mol. The van der Waals surface area contributed by atoms with E-state index in [0.717, 1.165) is 6.07 Å². The Labute approximate surface area is 130 Å². The first-order chi connectivity index (χ1) is 10.8. The lowest BCUT2D eigenvalue weighted by Crippen LogP contribution is -2.55. The zero-order valence-corrected chi connectivity index (χ0v) is 12.4. The van der Waals surface area contributed by atoms with Crippen molar-refractivity contribution < 1.29 is 32.7 Å². The third kappa shape index (κ3) is 2.84. The third-order valence-electron chi connectivity index (χ3n) is 3.62. The first-order valence-corrected chi connectivity index (χ1v) is 7.11. The number of benzene rings is 1. The van der Waals surface area contributed by atoms with E-state index in [1.807, 2.05) is 0 Å². The molecule has 1 unspecified atom stereocenters. The summed E-state index contributed by atoms with van der Waals surface area (Å²) in [6.07, 6.45) is -4.48. The lowest BCUT2D eigenvalue weighted by Gasteiger charge is -2.36. The molecule has 1 heterocycles. The van der Waals surface area contributed by atoms with Crippen LogP contribution in [0.4, 0.5) is 13.2 Å². The van der Waals surface area contributed by atoms with Crippen LogP contribution in [0.2, 0.25) is 0 Å². The normalized spacial score (nSPS) is 20.7. The van der Waals surface area contributed by atoms with Gasteiger partial charge >= 0.3 is 6.18 Å². The Hall–Kier alpha value is -1.93. The minimum atomic E-state index is -5.07. The van der Waals surface area contributed by atoms with E-state index in [0.29, 0.717) is 6.42 Å². The molecule has 0 saturated carbocycles. The van der Waals surface area contributed by atoms with E-state index in [-0.39, 0.29) is 24.2 Å². The highest BCUT2D eigenvalue weighted by Gasteiger charge is 2.68. The van der Waals surface area contributed by atoms with E-state index in [1.54, 1.807) is 6.92 Å². The highest BCUT2D eigenvalue weighted by molar-refractivity contribution is 5.99. The Morgan fingerprint density at radius 3 is 2.57 bits per heavy atom. The molecule has 2 rings (SSSR count). The lowest BCUT2D eigenvalue weighted by atomic mass is 10.0. The number of halogens is 3. The molecule has 1 aromatic carbocycles. The number of fused-ring (bicyclic) bond motifs is 1. The summed E-state index contributed by atoms with van der Waals surface area (Å²) in [5, 5.41) is 9.34. The van der Waals surface area contributed by atoms with Crippen molar-refractivity contribution in [3.63, 3.8) is 0 Å². The van der Waals surface area contributed by atoms with Crippen LogP contribution in [0, 0.1) is 0 Å². The Balaban J connectivity index is 2.34. The Bertz CT molecular complexity index is 617. The SMILES string of the molecule is CCCC(=O)CCOC1(C(F)(F)F)c2ccccc2C(=O)N1O. The molecule has 0 aromatic heterocycles. The summed E-state index contributed by atoms with van der Waals surface area (Å²) < 4.78 is 45.8. The number of carbonyl (C=O) groups excluding carboxylic acids is 2. The number of rotatable bonds is 6. The van der Waals surface area contributed by atoms with Crippen molar-refractivity contribution in [1.82, 2.24) is 5.06 Å². The minimum Gasteiger partial charge on any atom is -0.342 e. The van der Waals surface area contributed by atoms with Crippen LogP contribution in [0.5, 0.6) is 0 Å². The van der Waals surface area contributed by atoms with E-state index in [9.17, 15) is 28.0 Å². The molecule has 1 atom stereocenters. The molecule has 0 bridgehead atoms. The van der Waals surface area contributed by atoms with Crippen LogP contribution >= 0.6 is 0 Å². The van der Waals surface area contributed by atoms with Crippen LogP contribution in [0.25, 0.3) is 0 Å². The molecule has 1 aliphatic rings. The van der Waals surface area contributed by atoms with Crippen molar-refractivity contribution in [3.05, 3.63) is 35.4 Å². The summed E-state index contributed by atoms with van der Waals surface area (Å²) in [5.74, 6) is -1.44. The number of nitrogens with zero attached hydrogens (tertiary/aromatic N) is 1. The van der Waals surface area contributed by atoms with Crippen LogP contribution in [0.3, 0.4) is 0 Å². The van der Waals surface area contributed by atoms with Gasteiger partial charge in [-0.1, -0.05) is 25.1 Å². The van der Waals surface area contributed by atoms with Gasteiger partial charge in [-0.2, -0.15) is 18.2 Å². The summed E-state index contributed by atoms with van der Waals surface area (Å²) in [6.45, 7) is 1.22. The highest BCUT2D eigenvalue weighted by atomic mass is 19.4. The molecule has 0 aliphatic carbocycles. The van der Waals surface area contributed by atoms with Gasteiger partial charge in [0.1, 0.15) is 5.78 Å². The topological polar surface area (TPSA) is 66.8 Å². The fraction of sp³-hybridized carbons (Fsp3) is 0.467. The number of amides is 1. The number of hydrogen-bond acceptors (Lipinski definition) is 4. The molecule has 5 nitrogen and oxygen atoms in total. The monoisotopic (exact) mass is 331 g/mol. The zero-order valence-electron chi connectivity index (χ0n) is 12.4. The van der Waals surface area contributed by atoms with Crippen LogP contribution < -0.4 is 0 Å². The zero-order chi connectivity index (χ0) is 17.3. The maximum Gasteiger partial charge on any atom is 0.443 e. The van der Waals surface area contributed by atoms with E-state index in [4.69, 9.17) is 4.74 Å². The molecule has 1 N–H and O–H groups in total. The maximum absolute atomic E-state index is 13.6. The summed E-state index contributed by atoms with van der Waals surface area (Å²) in [4.78, 5) is 23.3. The molecule has 23 heavy (non-hydrogen) atoms. The summed E-state index contributed by atoms with van der Waals surface area (Å²) in [6, 6.07) is 4.96. The van der Waals surface area contributed by atoms with E-state index in [1.165, 1.54) is 18.2 Å². The lowest BCUT2D eigenvalue weighted by molar-refractivity contribution is -0.377. The third-order valence-corrected chi connectivity index (χ3v) is 3.62. The van der Waals surface area contributed by atoms with Gasteiger partial charge in [0.15, 0.2) is 0 Å². The molecule has 8 heteroatoms. The molecule has 0 radical (unpaired) electrons. The van der Waals surface area contributed by atoms with Crippen LogP contribution in [0.1, 0.15) is 42.1 Å². The first-order valence-electron chi connectivity index (χ1n) is 7.11. The van der Waals surface area contributed by atoms with Crippen molar-refractivity contribution in [1.29, 1.82) is 0 Å². The first kappa shape index (κ1) is 17.4. The molecule has 126 valence electrons. The van der Waals surface area contributed by atoms with Crippen LogP contribution in [0.15, 0.2) is 24.3 Å². The number of ketones is 1. The average Bonchev–Trinajstić information content (AvgIpc) is 2.70. The Morgan fingerprint density at radius 2 is 1.96 bits per heavy atom. The molecule has 0 saturated heterocycles. The number of ether oxygens (including phenoxy) is 1. The number of hydrogen-bond donors (Lipinski definition) is 1. The van der Waals surface area contributed by atoms with E-state index >= 15 is 0 Å². The fourth-order valence-corrected chi connectivity index (χ4v) is 2.55. The van der Waals surface area contributed by atoms with Crippen LogP contribution in [-0.4, -0.2) is 34.7 Å². The smallest absolute Gasteiger partial charge is 0.342 e. The molecule has 0 fully saturated rings. The van der Waals surface area contributed by atoms with Gasteiger partial charge in [-0.3, -0.25) is 14.8 Å². The molecular weight excluding hydrogens is 315 g/mol. The highest BCUT2D eigenvalue weighted by Crippen LogP contribution is 2.49. The maximum atomic E-state index is 13.6. The standard InChI is InChI=1S/C15H16F3NO4/c1-2-5-10(20)8-9-23-14(15(16,17)18)12-7-4-3-6-11(12)13(21)19(14)22/h3-4,6-7,22H,2,5,8-9H2,1H3. The van der Waals surface area contributed by atoms with Crippen LogP contribution in [-0.2, 0) is 15.3 Å². The number of hydroxylamine groups is 2. The van der Waals surface area contributed by atoms with Crippen molar-refractivity contribution in [2.24, 2.45) is 0 Å². The van der Waals surface area contributed by atoms with Gasteiger partial charge in [0, 0.05) is 18.4 Å². The van der Waals surface area contributed by atoms with Gasteiger partial charge in [-0.25, -0.2) is 0 Å². The number of Topliss-reactive ketones (excluding diaryl/α,β-unsaturated/α-hetero) is 1. The Kier molecular flexibility index (Phi) is 4.76. The predicted octanol–water partition coefficient (Wildman–Crippen LogP) is 3.02. The molecule has 1 aliphatic heterocycles. The Morgan fingerprint density at radius 1 is 1.30 bits per heavy atom. The fourth-order valence-electron chi connectivity index (χ4n) is 2.55. The van der Waals surface area contributed by atoms with Gasteiger partial charge in [-0.15, -0.1) is 0 Å². The number of alkyl halides is 3. The minimum absolute atomic E-state index is 0.226. The van der Waals surface area contributed by atoms with Gasteiger partial charge in [0.2, 0.25) is 0 Å². The molecule has 1 amide bonds. The van der Waals surface area contributed by atoms with E-state index < -0.39 is 35.0 Å². The largest absolute Gasteiger partial charge is 0.443 e. The van der Waals surface area contributed by atoms with Crippen molar-refractivity contribution in [2.75, 3.05) is 6.61 Å². The van der Waals surface area contributed by atoms with Crippen molar-refractivity contribution in [3.8, 4) is 0 Å². The van der Waals surface area contributed by atoms with Gasteiger partial charge in [-0.05, 0) is 12.5 Å². The summed E-state index contributed by atoms with van der Waals surface area (Å²) >= 11 is 0. The number of carbonyl (C=O) groups is 2. The second kappa shape index (κ2) is 6.29. The van der Waals surface area contributed by atoms with Gasteiger partial charge in [0.05, 0.1) is 12.2 Å². The van der Waals surface area contributed by atoms with Gasteiger partial charge < -0.3 is 4.74 Å². The van der Waals surface area contributed by atoms with Crippen molar-refractivity contribution >= 4 is 11.7 Å². The summed E-state index contributed by atoms with van der Waals surface area (Å²) in [7, 11) is 0. The second-order valence-electron chi connectivity index (χ2n) is 5.19. The van der Waals surface area contributed by atoms with E-state index in [2.05, 4.69) is 0 Å². The molecular formula is C15H16F3NO4. The summed E-state index contributed by atoms with van der Waals surface area (Å²) in [5.41, 5.74) is -4.05. The quantitative estimate of drug-likeness (QED) is 0.814. The van der Waals surface area contributed by atoms with Gasteiger partial charge in [0.25, 0.3) is 11.6 Å². The molecule has 1 aromatic rings. The van der Waals surface area contributed by atoms with Crippen molar-refractivity contribution in [2.45, 2.75) is 38.1 Å². The average molecular weight is 331 g/mol. The molecule has 0 spiro atoms.